The molecule has 30 heavy (non-hydrogen) atoms. The van der Waals surface area contributed by atoms with Gasteiger partial charge in [-0.05, 0) is 42.3 Å². The maximum atomic E-state index is 13.0. The molecule has 2 aromatic rings. The maximum Gasteiger partial charge on any atom is 0.329 e. The third-order valence-corrected chi connectivity index (χ3v) is 4.37. The highest BCUT2D eigenvalue weighted by molar-refractivity contribution is 6.01. The molecular formula is C22H24FNO6. The molecule has 0 saturated carbocycles. The highest BCUT2D eigenvalue weighted by atomic mass is 19.1. The number of benzene rings is 2. The van der Waals surface area contributed by atoms with Gasteiger partial charge in [0.15, 0.2) is 6.61 Å². The van der Waals surface area contributed by atoms with E-state index in [0.717, 1.165) is 12.1 Å². The number of hydrogen-bond donors (Lipinski definition) is 1. The Morgan fingerprint density at radius 3 is 2.23 bits per heavy atom. The molecule has 160 valence electrons. The first kappa shape index (κ1) is 22.9. The van der Waals surface area contributed by atoms with E-state index in [2.05, 4.69) is 5.32 Å². The van der Waals surface area contributed by atoms with Crippen molar-refractivity contribution in [1.82, 2.24) is 5.32 Å². The second-order valence-electron chi connectivity index (χ2n) is 6.80. The number of hydrogen-bond acceptors (Lipinski definition) is 6. The zero-order chi connectivity index (χ0) is 22.3. The van der Waals surface area contributed by atoms with Gasteiger partial charge in [0.05, 0.1) is 19.8 Å². The van der Waals surface area contributed by atoms with E-state index in [0.29, 0.717) is 11.5 Å². The van der Waals surface area contributed by atoms with Crippen molar-refractivity contribution in [3.8, 4) is 11.5 Å². The zero-order valence-corrected chi connectivity index (χ0v) is 17.2. The number of methoxy groups -OCH3 is 2. The topological polar surface area (TPSA) is 90.9 Å². The molecule has 0 aliphatic carbocycles. The van der Waals surface area contributed by atoms with Gasteiger partial charge in [0.1, 0.15) is 23.4 Å². The van der Waals surface area contributed by atoms with E-state index in [1.165, 1.54) is 32.4 Å². The fraction of sp³-hybridized carbons (Fsp3) is 0.318. The summed E-state index contributed by atoms with van der Waals surface area (Å²) in [5, 5.41) is 2.56. The summed E-state index contributed by atoms with van der Waals surface area (Å²) >= 11 is 0. The number of ketones is 1. The Hall–Kier alpha value is -3.42. The molecule has 1 unspecified atom stereocenters. The predicted octanol–water partition coefficient (Wildman–Crippen LogP) is 3.02. The van der Waals surface area contributed by atoms with E-state index in [-0.39, 0.29) is 17.0 Å². The smallest absolute Gasteiger partial charge is 0.329 e. The molecule has 8 heteroatoms. The minimum atomic E-state index is -0.979. The fourth-order valence-electron chi connectivity index (χ4n) is 2.66. The summed E-state index contributed by atoms with van der Waals surface area (Å²) in [5.74, 6) is -1.72. The van der Waals surface area contributed by atoms with E-state index in [9.17, 15) is 18.8 Å². The molecule has 0 aromatic heterocycles. The second kappa shape index (κ2) is 10.4. The molecule has 1 amide bonds. The molecular weight excluding hydrogens is 393 g/mol. The van der Waals surface area contributed by atoms with Crippen LogP contribution in [-0.2, 0) is 9.53 Å². The summed E-state index contributed by atoms with van der Waals surface area (Å²) < 4.78 is 28.4. The highest BCUT2D eigenvalue weighted by Crippen LogP contribution is 2.25. The summed E-state index contributed by atoms with van der Waals surface area (Å²) in [7, 11) is 2.90. The monoisotopic (exact) mass is 417 g/mol. The molecule has 0 saturated heterocycles. The third kappa shape index (κ3) is 5.79. The number of nitrogens with one attached hydrogen (secondary N) is 1. The molecule has 1 N–H and O–H groups in total. The third-order valence-electron chi connectivity index (χ3n) is 4.37. The highest BCUT2D eigenvalue weighted by Gasteiger charge is 2.27. The van der Waals surface area contributed by atoms with Crippen LogP contribution in [0.1, 0.15) is 34.6 Å². The average Bonchev–Trinajstić information content (AvgIpc) is 2.75. The normalized spacial score (nSPS) is 11.5. The van der Waals surface area contributed by atoms with E-state index >= 15 is 0 Å². The van der Waals surface area contributed by atoms with E-state index in [1.54, 1.807) is 26.0 Å². The Morgan fingerprint density at radius 1 is 1.00 bits per heavy atom. The average molecular weight is 417 g/mol. The van der Waals surface area contributed by atoms with Crippen LogP contribution in [0.4, 0.5) is 4.39 Å². The number of ether oxygens (including phenoxy) is 3. The second-order valence-corrected chi connectivity index (χ2v) is 6.80. The van der Waals surface area contributed by atoms with Gasteiger partial charge in [0.2, 0.25) is 5.78 Å². The first-order valence-corrected chi connectivity index (χ1v) is 9.25. The standard InChI is InChI=1S/C22H24FNO6/c1-13(2)20(24-21(26)14-5-7-15(23)8-6-14)22(27)30-12-18(25)17-10-9-16(28-3)11-19(17)29-4/h5-11,13,20H,12H2,1-4H3,(H,24,26). The Morgan fingerprint density at radius 2 is 1.67 bits per heavy atom. The maximum absolute atomic E-state index is 13.0. The van der Waals surface area contributed by atoms with Gasteiger partial charge >= 0.3 is 5.97 Å². The van der Waals surface area contributed by atoms with Crippen molar-refractivity contribution in [2.75, 3.05) is 20.8 Å². The summed E-state index contributed by atoms with van der Waals surface area (Å²) in [6, 6.07) is 8.61. The lowest BCUT2D eigenvalue weighted by Gasteiger charge is -2.21. The number of rotatable bonds is 9. The van der Waals surface area contributed by atoms with Gasteiger partial charge in [0.25, 0.3) is 5.91 Å². The summed E-state index contributed by atoms with van der Waals surface area (Å²) in [4.78, 5) is 37.3. The SMILES string of the molecule is COc1ccc(C(=O)COC(=O)C(NC(=O)c2ccc(F)cc2)C(C)C)c(OC)c1. The Labute approximate surface area is 174 Å². The van der Waals surface area contributed by atoms with Crippen LogP contribution in [0.25, 0.3) is 0 Å². The molecule has 2 rings (SSSR count). The van der Waals surface area contributed by atoms with Crippen LogP contribution in [0, 0.1) is 11.7 Å². The molecule has 0 heterocycles. The first-order chi connectivity index (χ1) is 14.3. The molecule has 0 bridgehead atoms. The van der Waals surface area contributed by atoms with Crippen molar-refractivity contribution in [2.45, 2.75) is 19.9 Å². The largest absolute Gasteiger partial charge is 0.497 e. The number of halogens is 1. The number of carbonyl (C=O) groups is 3. The predicted molar refractivity (Wildman–Crippen MR) is 107 cm³/mol. The molecule has 0 radical (unpaired) electrons. The van der Waals surface area contributed by atoms with Gasteiger partial charge in [-0.1, -0.05) is 13.8 Å². The molecule has 2 aromatic carbocycles. The van der Waals surface area contributed by atoms with Crippen molar-refractivity contribution >= 4 is 17.7 Å². The Balaban J connectivity index is 2.04. The molecule has 0 fully saturated rings. The summed E-state index contributed by atoms with van der Waals surface area (Å²) in [6.45, 7) is 2.94. The number of amides is 1. The van der Waals surface area contributed by atoms with Crippen molar-refractivity contribution < 1.29 is 33.0 Å². The molecule has 0 aliphatic rings. The van der Waals surface area contributed by atoms with E-state index in [1.807, 2.05) is 0 Å². The summed E-state index contributed by atoms with van der Waals surface area (Å²) in [6.07, 6.45) is 0. The number of carbonyl (C=O) groups excluding carboxylic acids is 3. The lowest BCUT2D eigenvalue weighted by Crippen LogP contribution is -2.45. The first-order valence-electron chi connectivity index (χ1n) is 9.25. The number of Topliss-reactive ketones (excluding diaryl/α,β-unsaturated/α-hetero) is 1. The fourth-order valence-corrected chi connectivity index (χ4v) is 2.66. The van der Waals surface area contributed by atoms with Gasteiger partial charge in [-0.3, -0.25) is 9.59 Å². The Kier molecular flexibility index (Phi) is 7.91. The van der Waals surface area contributed by atoms with Crippen molar-refractivity contribution in [1.29, 1.82) is 0 Å². The van der Waals surface area contributed by atoms with Crippen molar-refractivity contribution in [2.24, 2.45) is 5.92 Å². The van der Waals surface area contributed by atoms with Gasteiger partial charge in [-0.15, -0.1) is 0 Å². The van der Waals surface area contributed by atoms with Crippen molar-refractivity contribution in [3.63, 3.8) is 0 Å². The lowest BCUT2D eigenvalue weighted by molar-refractivity contribution is -0.145. The molecule has 0 aliphatic heterocycles. The van der Waals surface area contributed by atoms with Gasteiger partial charge in [0, 0.05) is 11.6 Å². The molecule has 7 nitrogen and oxygen atoms in total. The van der Waals surface area contributed by atoms with Gasteiger partial charge < -0.3 is 19.5 Å². The zero-order valence-electron chi connectivity index (χ0n) is 17.2. The van der Waals surface area contributed by atoms with E-state index in [4.69, 9.17) is 14.2 Å². The molecule has 1 atom stereocenters. The van der Waals surface area contributed by atoms with Crippen LogP contribution in [0.5, 0.6) is 11.5 Å². The van der Waals surface area contributed by atoms with Crippen LogP contribution in [-0.4, -0.2) is 44.5 Å². The van der Waals surface area contributed by atoms with Crippen molar-refractivity contribution in [3.05, 3.63) is 59.4 Å². The summed E-state index contributed by atoms with van der Waals surface area (Å²) in [5.41, 5.74) is 0.441. The minimum Gasteiger partial charge on any atom is -0.497 e. The van der Waals surface area contributed by atoms with Crippen LogP contribution in [0.2, 0.25) is 0 Å². The quantitative estimate of drug-likeness (QED) is 0.498. The lowest BCUT2D eigenvalue weighted by atomic mass is 10.0. The van der Waals surface area contributed by atoms with Crippen LogP contribution >= 0.6 is 0 Å². The van der Waals surface area contributed by atoms with E-state index < -0.39 is 36.1 Å². The number of esters is 1. The van der Waals surface area contributed by atoms with Crippen LogP contribution in [0.15, 0.2) is 42.5 Å². The van der Waals surface area contributed by atoms with Crippen LogP contribution in [0.3, 0.4) is 0 Å². The van der Waals surface area contributed by atoms with Gasteiger partial charge in [-0.25, -0.2) is 9.18 Å². The van der Waals surface area contributed by atoms with Crippen LogP contribution < -0.4 is 14.8 Å². The van der Waals surface area contributed by atoms with Gasteiger partial charge in [-0.2, -0.15) is 0 Å². The Bertz CT molecular complexity index is 910. The minimum absolute atomic E-state index is 0.203. The molecule has 0 spiro atoms.